The molecule has 108 valence electrons. The van der Waals surface area contributed by atoms with Crippen molar-refractivity contribution in [1.82, 2.24) is 20.2 Å². The summed E-state index contributed by atoms with van der Waals surface area (Å²) < 4.78 is 6.87. The van der Waals surface area contributed by atoms with Crippen molar-refractivity contribution in [2.45, 2.75) is 19.4 Å². The molecular formula is C12H15Cl2N5O. The van der Waals surface area contributed by atoms with E-state index in [9.17, 15) is 0 Å². The van der Waals surface area contributed by atoms with Gasteiger partial charge < -0.3 is 10.5 Å². The Bertz CT molecular complexity index is 602. The fraction of sp³-hybridized carbons (Fsp3) is 0.417. The molecule has 0 saturated heterocycles. The van der Waals surface area contributed by atoms with E-state index in [0.29, 0.717) is 33.7 Å². The SMILES string of the molecule is CCC(COC)n1nnnc1-c1cc(N)cc(Cl)c1Cl. The maximum atomic E-state index is 6.23. The second-order valence-corrected chi connectivity index (χ2v) is 5.11. The Labute approximate surface area is 126 Å². The van der Waals surface area contributed by atoms with Gasteiger partial charge in [0, 0.05) is 18.4 Å². The van der Waals surface area contributed by atoms with Gasteiger partial charge in [-0.1, -0.05) is 30.1 Å². The van der Waals surface area contributed by atoms with Crippen LogP contribution < -0.4 is 5.73 Å². The summed E-state index contributed by atoms with van der Waals surface area (Å²) in [5.41, 5.74) is 6.92. The summed E-state index contributed by atoms with van der Waals surface area (Å²) in [6, 6.07) is 3.31. The van der Waals surface area contributed by atoms with Crippen molar-refractivity contribution in [3.8, 4) is 11.4 Å². The summed E-state index contributed by atoms with van der Waals surface area (Å²) in [5, 5.41) is 12.5. The molecule has 0 bridgehead atoms. The summed E-state index contributed by atoms with van der Waals surface area (Å²) >= 11 is 12.3. The van der Waals surface area contributed by atoms with Crippen molar-refractivity contribution in [3.05, 3.63) is 22.2 Å². The van der Waals surface area contributed by atoms with Crippen molar-refractivity contribution in [2.75, 3.05) is 19.5 Å². The Morgan fingerprint density at radius 3 is 2.80 bits per heavy atom. The number of nitrogens with two attached hydrogens (primary N) is 1. The molecule has 0 spiro atoms. The predicted octanol–water partition coefficient (Wildman–Crippen LogP) is 2.83. The predicted molar refractivity (Wildman–Crippen MR) is 78.9 cm³/mol. The fourth-order valence-electron chi connectivity index (χ4n) is 1.94. The lowest BCUT2D eigenvalue weighted by Gasteiger charge is -2.16. The highest BCUT2D eigenvalue weighted by Crippen LogP contribution is 2.35. The van der Waals surface area contributed by atoms with Gasteiger partial charge in [-0.05, 0) is 29.0 Å². The quantitative estimate of drug-likeness (QED) is 0.858. The second kappa shape index (κ2) is 6.39. The first kappa shape index (κ1) is 15.0. The molecule has 2 N–H and O–H groups in total. The van der Waals surface area contributed by atoms with Crippen LogP contribution in [0.15, 0.2) is 12.1 Å². The maximum Gasteiger partial charge on any atom is 0.184 e. The lowest BCUT2D eigenvalue weighted by molar-refractivity contribution is 0.147. The highest BCUT2D eigenvalue weighted by atomic mass is 35.5. The second-order valence-electron chi connectivity index (χ2n) is 4.33. The summed E-state index contributed by atoms with van der Waals surface area (Å²) in [4.78, 5) is 0. The van der Waals surface area contributed by atoms with Crippen LogP contribution in [-0.2, 0) is 4.74 Å². The monoisotopic (exact) mass is 315 g/mol. The smallest absolute Gasteiger partial charge is 0.184 e. The Hall–Kier alpha value is -1.37. The van der Waals surface area contributed by atoms with Gasteiger partial charge in [-0.2, -0.15) is 0 Å². The van der Waals surface area contributed by atoms with E-state index < -0.39 is 0 Å². The zero-order valence-corrected chi connectivity index (χ0v) is 12.7. The number of anilines is 1. The first-order valence-corrected chi connectivity index (χ1v) is 6.85. The summed E-state index contributed by atoms with van der Waals surface area (Å²) in [6.45, 7) is 2.53. The van der Waals surface area contributed by atoms with Crippen molar-refractivity contribution in [2.24, 2.45) is 0 Å². The Morgan fingerprint density at radius 2 is 2.15 bits per heavy atom. The van der Waals surface area contributed by atoms with Gasteiger partial charge >= 0.3 is 0 Å². The third-order valence-corrected chi connectivity index (χ3v) is 3.76. The van der Waals surface area contributed by atoms with E-state index in [2.05, 4.69) is 15.5 Å². The van der Waals surface area contributed by atoms with E-state index in [1.165, 1.54) is 0 Å². The number of hydrogen-bond acceptors (Lipinski definition) is 5. The molecule has 1 aromatic carbocycles. The van der Waals surface area contributed by atoms with Gasteiger partial charge in [0.2, 0.25) is 0 Å². The van der Waals surface area contributed by atoms with E-state index >= 15 is 0 Å². The lowest BCUT2D eigenvalue weighted by Crippen LogP contribution is -2.16. The van der Waals surface area contributed by atoms with Crippen LogP contribution in [0.5, 0.6) is 0 Å². The van der Waals surface area contributed by atoms with Gasteiger partial charge in [0.15, 0.2) is 5.82 Å². The number of benzene rings is 1. The van der Waals surface area contributed by atoms with Gasteiger partial charge in [-0.25, -0.2) is 4.68 Å². The molecule has 6 nitrogen and oxygen atoms in total. The normalized spacial score (nSPS) is 12.6. The molecule has 0 aliphatic rings. The molecule has 8 heteroatoms. The number of halogens is 2. The number of aromatic nitrogens is 4. The van der Waals surface area contributed by atoms with Crippen LogP contribution in [-0.4, -0.2) is 33.9 Å². The van der Waals surface area contributed by atoms with Crippen LogP contribution in [0.25, 0.3) is 11.4 Å². The molecule has 1 heterocycles. The molecule has 1 aromatic heterocycles. The topological polar surface area (TPSA) is 78.8 Å². The number of ether oxygens (including phenoxy) is 1. The number of nitrogens with zero attached hydrogens (tertiary/aromatic N) is 4. The fourth-order valence-corrected chi connectivity index (χ4v) is 2.36. The van der Waals surface area contributed by atoms with Gasteiger partial charge in [-0.15, -0.1) is 5.10 Å². The van der Waals surface area contributed by atoms with Crippen LogP contribution >= 0.6 is 23.2 Å². The molecule has 20 heavy (non-hydrogen) atoms. The molecule has 0 fully saturated rings. The molecule has 0 amide bonds. The average Bonchev–Trinajstić information content (AvgIpc) is 2.89. The maximum absolute atomic E-state index is 6.23. The van der Waals surface area contributed by atoms with Crippen LogP contribution in [0, 0.1) is 0 Å². The number of nitrogen functional groups attached to an aromatic ring is 1. The minimum Gasteiger partial charge on any atom is -0.399 e. The Balaban J connectivity index is 2.52. The molecule has 0 aliphatic heterocycles. The van der Waals surface area contributed by atoms with Crippen LogP contribution in [0.4, 0.5) is 5.69 Å². The molecule has 1 unspecified atom stereocenters. The zero-order valence-electron chi connectivity index (χ0n) is 11.2. The number of rotatable bonds is 5. The van der Waals surface area contributed by atoms with Crippen molar-refractivity contribution >= 4 is 28.9 Å². The summed E-state index contributed by atoms with van der Waals surface area (Å²) in [6.07, 6.45) is 0.819. The van der Waals surface area contributed by atoms with E-state index in [-0.39, 0.29) is 6.04 Å². The first-order valence-electron chi connectivity index (χ1n) is 6.10. The molecular weight excluding hydrogens is 301 g/mol. The van der Waals surface area contributed by atoms with Gasteiger partial charge in [-0.3, -0.25) is 0 Å². The standard InChI is InChI=1S/C12H15Cl2N5O/c1-3-8(6-20-2)19-12(16-17-18-19)9-4-7(15)5-10(13)11(9)14/h4-5,8H,3,6,15H2,1-2H3. The summed E-state index contributed by atoms with van der Waals surface area (Å²) in [5.74, 6) is 0.521. The molecule has 0 saturated carbocycles. The van der Waals surface area contributed by atoms with E-state index in [0.717, 1.165) is 6.42 Å². The van der Waals surface area contributed by atoms with Crippen molar-refractivity contribution < 1.29 is 4.74 Å². The highest BCUT2D eigenvalue weighted by molar-refractivity contribution is 6.43. The molecule has 1 atom stereocenters. The van der Waals surface area contributed by atoms with Gasteiger partial charge in [0.25, 0.3) is 0 Å². The zero-order chi connectivity index (χ0) is 14.7. The molecule has 0 aliphatic carbocycles. The summed E-state index contributed by atoms with van der Waals surface area (Å²) in [7, 11) is 1.64. The van der Waals surface area contributed by atoms with E-state index in [1.54, 1.807) is 23.9 Å². The van der Waals surface area contributed by atoms with Crippen LogP contribution in [0.2, 0.25) is 10.0 Å². The number of methoxy groups -OCH3 is 1. The largest absolute Gasteiger partial charge is 0.399 e. The van der Waals surface area contributed by atoms with Crippen molar-refractivity contribution in [1.29, 1.82) is 0 Å². The van der Waals surface area contributed by atoms with Gasteiger partial charge in [0.05, 0.1) is 22.7 Å². The third kappa shape index (κ3) is 2.87. The minimum absolute atomic E-state index is 0.0151. The average molecular weight is 316 g/mol. The Kier molecular flexibility index (Phi) is 4.80. The third-order valence-electron chi connectivity index (χ3n) is 2.96. The first-order chi connectivity index (χ1) is 9.58. The number of hydrogen-bond donors (Lipinski definition) is 1. The molecule has 2 aromatic rings. The lowest BCUT2D eigenvalue weighted by atomic mass is 10.1. The molecule has 0 radical (unpaired) electrons. The minimum atomic E-state index is 0.0151. The highest BCUT2D eigenvalue weighted by Gasteiger charge is 2.20. The van der Waals surface area contributed by atoms with Crippen molar-refractivity contribution in [3.63, 3.8) is 0 Å². The van der Waals surface area contributed by atoms with Gasteiger partial charge in [0.1, 0.15) is 0 Å². The van der Waals surface area contributed by atoms with Crippen LogP contribution in [0.1, 0.15) is 19.4 Å². The Morgan fingerprint density at radius 1 is 1.40 bits per heavy atom. The van der Waals surface area contributed by atoms with E-state index in [1.807, 2.05) is 6.92 Å². The van der Waals surface area contributed by atoms with Crippen LogP contribution in [0.3, 0.4) is 0 Å². The number of tetrazole rings is 1. The van der Waals surface area contributed by atoms with E-state index in [4.69, 9.17) is 33.7 Å². The molecule has 2 rings (SSSR count).